The molecule has 0 saturated carbocycles. The Kier molecular flexibility index (Phi) is 1.90. The summed E-state index contributed by atoms with van der Waals surface area (Å²) >= 11 is 5.92. The van der Waals surface area contributed by atoms with Crippen LogP contribution in [0.15, 0.2) is 0 Å². The first-order valence-electron chi connectivity index (χ1n) is 3.79. The number of nitrogens with one attached hydrogen (secondary N) is 1. The van der Waals surface area contributed by atoms with Crippen LogP contribution < -0.4 is 5.73 Å². The molecular weight excluding hydrogens is 190 g/mol. The molecule has 2 heterocycles. The molecule has 0 bridgehead atoms. The molecule has 0 aliphatic carbocycles. The van der Waals surface area contributed by atoms with Crippen molar-refractivity contribution in [3.63, 3.8) is 0 Å². The van der Waals surface area contributed by atoms with Crippen molar-refractivity contribution in [3.05, 3.63) is 16.7 Å². The van der Waals surface area contributed by atoms with Gasteiger partial charge in [-0.05, 0) is 6.92 Å². The molecule has 0 atom stereocenters. The SMILES string of the molecule is Cc1[nH]nc2nc(CN)nc(Cl)c12. The second-order valence-electron chi connectivity index (χ2n) is 2.68. The molecule has 68 valence electrons. The molecule has 3 N–H and O–H groups in total. The van der Waals surface area contributed by atoms with Crippen molar-refractivity contribution in [3.8, 4) is 0 Å². The highest BCUT2D eigenvalue weighted by atomic mass is 35.5. The fourth-order valence-electron chi connectivity index (χ4n) is 1.15. The number of aromatic amines is 1. The Bertz CT molecular complexity index is 449. The lowest BCUT2D eigenvalue weighted by Crippen LogP contribution is -2.03. The smallest absolute Gasteiger partial charge is 0.186 e. The molecule has 5 nitrogen and oxygen atoms in total. The summed E-state index contributed by atoms with van der Waals surface area (Å²) in [6.07, 6.45) is 0. The molecule has 0 saturated heterocycles. The topological polar surface area (TPSA) is 80.5 Å². The highest BCUT2D eigenvalue weighted by Crippen LogP contribution is 2.21. The average Bonchev–Trinajstić information content (AvgIpc) is 2.48. The van der Waals surface area contributed by atoms with Crippen LogP contribution in [-0.2, 0) is 6.54 Å². The summed E-state index contributed by atoms with van der Waals surface area (Å²) in [6, 6.07) is 0. The van der Waals surface area contributed by atoms with Gasteiger partial charge in [-0.2, -0.15) is 5.10 Å². The average molecular weight is 198 g/mol. The van der Waals surface area contributed by atoms with Crippen LogP contribution in [0.25, 0.3) is 11.0 Å². The first-order chi connectivity index (χ1) is 6.22. The number of aryl methyl sites for hydroxylation is 1. The lowest BCUT2D eigenvalue weighted by atomic mass is 10.3. The first-order valence-corrected chi connectivity index (χ1v) is 4.17. The van der Waals surface area contributed by atoms with Gasteiger partial charge in [0.25, 0.3) is 0 Å². The van der Waals surface area contributed by atoms with Gasteiger partial charge in [0.15, 0.2) is 5.65 Å². The number of nitrogens with two attached hydrogens (primary N) is 1. The van der Waals surface area contributed by atoms with Gasteiger partial charge in [-0.3, -0.25) is 5.10 Å². The van der Waals surface area contributed by atoms with Crippen molar-refractivity contribution >= 4 is 22.6 Å². The summed E-state index contributed by atoms with van der Waals surface area (Å²) in [5.74, 6) is 0.504. The van der Waals surface area contributed by atoms with Crippen LogP contribution in [0.4, 0.5) is 0 Å². The zero-order valence-electron chi connectivity index (χ0n) is 7.00. The van der Waals surface area contributed by atoms with E-state index in [0.29, 0.717) is 16.6 Å². The maximum atomic E-state index is 5.92. The van der Waals surface area contributed by atoms with Gasteiger partial charge in [-0.1, -0.05) is 11.6 Å². The molecule has 2 aromatic heterocycles. The van der Waals surface area contributed by atoms with E-state index in [0.717, 1.165) is 11.1 Å². The molecule has 0 spiro atoms. The normalized spacial score (nSPS) is 11.0. The third-order valence-corrected chi connectivity index (χ3v) is 2.05. The molecule has 0 amide bonds. The highest BCUT2D eigenvalue weighted by Gasteiger charge is 2.09. The fourth-order valence-corrected chi connectivity index (χ4v) is 1.48. The molecule has 0 unspecified atom stereocenters. The maximum absolute atomic E-state index is 5.92. The standard InChI is InChI=1S/C7H8ClN5/c1-3-5-6(8)10-4(2-9)11-7(5)13-12-3/h2,9H2,1H3,(H,10,11,12,13). The van der Waals surface area contributed by atoms with E-state index in [1.54, 1.807) is 0 Å². The van der Waals surface area contributed by atoms with Crippen molar-refractivity contribution in [1.29, 1.82) is 0 Å². The number of aromatic nitrogens is 4. The number of H-pyrrole nitrogens is 1. The van der Waals surface area contributed by atoms with E-state index in [1.165, 1.54) is 0 Å². The molecule has 2 rings (SSSR count). The fraction of sp³-hybridized carbons (Fsp3) is 0.286. The first kappa shape index (κ1) is 8.40. The highest BCUT2D eigenvalue weighted by molar-refractivity contribution is 6.34. The second-order valence-corrected chi connectivity index (χ2v) is 3.04. The Hall–Kier alpha value is -1.20. The van der Waals surface area contributed by atoms with Crippen LogP contribution in [0.1, 0.15) is 11.5 Å². The molecule has 13 heavy (non-hydrogen) atoms. The van der Waals surface area contributed by atoms with Crippen molar-refractivity contribution in [2.45, 2.75) is 13.5 Å². The predicted molar refractivity (Wildman–Crippen MR) is 49.3 cm³/mol. The summed E-state index contributed by atoms with van der Waals surface area (Å²) in [7, 11) is 0. The molecule has 6 heteroatoms. The number of hydrogen-bond donors (Lipinski definition) is 2. The predicted octanol–water partition coefficient (Wildman–Crippen LogP) is 0.773. The molecule has 0 radical (unpaired) electrons. The summed E-state index contributed by atoms with van der Waals surface area (Å²) in [4.78, 5) is 8.13. The van der Waals surface area contributed by atoms with Crippen molar-refractivity contribution in [2.75, 3.05) is 0 Å². The third-order valence-electron chi connectivity index (χ3n) is 1.78. The van der Waals surface area contributed by atoms with Crippen LogP contribution in [0.3, 0.4) is 0 Å². The Balaban J connectivity index is 2.79. The van der Waals surface area contributed by atoms with E-state index in [-0.39, 0.29) is 6.54 Å². The summed E-state index contributed by atoms with van der Waals surface area (Å²) in [5.41, 5.74) is 6.83. The van der Waals surface area contributed by atoms with Crippen LogP contribution in [0.5, 0.6) is 0 Å². The Morgan fingerprint density at radius 1 is 1.46 bits per heavy atom. The van der Waals surface area contributed by atoms with E-state index in [9.17, 15) is 0 Å². The minimum Gasteiger partial charge on any atom is -0.324 e. The quantitative estimate of drug-likeness (QED) is 0.662. The van der Waals surface area contributed by atoms with Gasteiger partial charge in [0, 0.05) is 5.69 Å². The summed E-state index contributed by atoms with van der Waals surface area (Å²) in [5, 5.41) is 7.93. The number of fused-ring (bicyclic) bond motifs is 1. The lowest BCUT2D eigenvalue weighted by Gasteiger charge is -1.96. The van der Waals surface area contributed by atoms with Gasteiger partial charge in [0.2, 0.25) is 0 Å². The van der Waals surface area contributed by atoms with E-state index >= 15 is 0 Å². The van der Waals surface area contributed by atoms with Gasteiger partial charge in [0.05, 0.1) is 11.9 Å². The van der Waals surface area contributed by atoms with Crippen LogP contribution in [0, 0.1) is 6.92 Å². The largest absolute Gasteiger partial charge is 0.324 e. The molecule has 0 fully saturated rings. The number of hydrogen-bond acceptors (Lipinski definition) is 4. The molecular formula is C7H8ClN5. The monoisotopic (exact) mass is 197 g/mol. The molecule has 2 aromatic rings. The van der Waals surface area contributed by atoms with E-state index in [2.05, 4.69) is 20.2 Å². The van der Waals surface area contributed by atoms with Gasteiger partial charge in [-0.15, -0.1) is 0 Å². The minimum atomic E-state index is 0.265. The van der Waals surface area contributed by atoms with Crippen LogP contribution in [0.2, 0.25) is 5.15 Å². The molecule has 0 aliphatic heterocycles. The lowest BCUT2D eigenvalue weighted by molar-refractivity contribution is 0.919. The van der Waals surface area contributed by atoms with E-state index in [4.69, 9.17) is 17.3 Å². The van der Waals surface area contributed by atoms with Gasteiger partial charge < -0.3 is 5.73 Å². The Morgan fingerprint density at radius 3 is 2.92 bits per heavy atom. The second kappa shape index (κ2) is 2.93. The zero-order valence-corrected chi connectivity index (χ0v) is 7.76. The summed E-state index contributed by atoms with van der Waals surface area (Å²) in [6.45, 7) is 2.13. The van der Waals surface area contributed by atoms with Crippen molar-refractivity contribution in [1.82, 2.24) is 20.2 Å². The minimum absolute atomic E-state index is 0.265. The van der Waals surface area contributed by atoms with E-state index < -0.39 is 0 Å². The maximum Gasteiger partial charge on any atom is 0.186 e. The third kappa shape index (κ3) is 1.26. The van der Waals surface area contributed by atoms with Gasteiger partial charge >= 0.3 is 0 Å². The Labute approximate surface area is 79.3 Å². The number of halogens is 1. The van der Waals surface area contributed by atoms with Crippen LogP contribution >= 0.6 is 11.6 Å². The number of rotatable bonds is 1. The molecule has 0 aromatic carbocycles. The number of nitrogens with zero attached hydrogens (tertiary/aromatic N) is 3. The van der Waals surface area contributed by atoms with Gasteiger partial charge in [0.1, 0.15) is 11.0 Å². The van der Waals surface area contributed by atoms with Crippen molar-refractivity contribution < 1.29 is 0 Å². The Morgan fingerprint density at radius 2 is 2.23 bits per heavy atom. The van der Waals surface area contributed by atoms with Crippen molar-refractivity contribution in [2.24, 2.45) is 5.73 Å². The van der Waals surface area contributed by atoms with Crippen LogP contribution in [-0.4, -0.2) is 20.2 Å². The molecule has 0 aliphatic rings. The van der Waals surface area contributed by atoms with E-state index in [1.807, 2.05) is 6.92 Å². The van der Waals surface area contributed by atoms with Gasteiger partial charge in [-0.25, -0.2) is 9.97 Å². The summed E-state index contributed by atoms with van der Waals surface area (Å²) < 4.78 is 0. The zero-order chi connectivity index (χ0) is 9.42.